The Labute approximate surface area is 93.3 Å². The number of hydrogen-bond donors (Lipinski definition) is 2. The summed E-state index contributed by atoms with van der Waals surface area (Å²) in [5.74, 6) is 0.399. The van der Waals surface area contributed by atoms with Crippen LogP contribution >= 0.6 is 15.9 Å². The summed E-state index contributed by atoms with van der Waals surface area (Å²) in [6.45, 7) is 0. The van der Waals surface area contributed by atoms with Gasteiger partial charge in [0.05, 0.1) is 18.6 Å². The number of hydrogen-bond acceptors (Lipinski definition) is 8. The van der Waals surface area contributed by atoms with Crippen molar-refractivity contribution in [1.29, 1.82) is 0 Å². The summed E-state index contributed by atoms with van der Waals surface area (Å²) >= 11 is 3.05. The number of rotatable bonds is 0. The Bertz CT molecular complexity index is 369. The zero-order valence-electron chi connectivity index (χ0n) is 7.45. The van der Waals surface area contributed by atoms with Crippen molar-refractivity contribution in [3.8, 4) is 0 Å². The van der Waals surface area contributed by atoms with Crippen molar-refractivity contribution in [3.63, 3.8) is 0 Å². The van der Waals surface area contributed by atoms with Gasteiger partial charge in [-0.05, 0) is 15.9 Å². The van der Waals surface area contributed by atoms with Gasteiger partial charge in [0.1, 0.15) is 4.60 Å². The van der Waals surface area contributed by atoms with Gasteiger partial charge in [-0.15, -0.1) is 15.3 Å². The Morgan fingerprint density at radius 1 is 0.933 bits per heavy atom. The quantitative estimate of drug-likeness (QED) is 0.666. The van der Waals surface area contributed by atoms with E-state index in [0.29, 0.717) is 4.60 Å². The van der Waals surface area contributed by atoms with Gasteiger partial charge in [-0.2, -0.15) is 5.10 Å². The molecule has 0 bridgehead atoms. The molecule has 2 aromatic rings. The average Bonchev–Trinajstić information content (AvgIpc) is 2.25. The molecule has 2 heterocycles. The van der Waals surface area contributed by atoms with Crippen molar-refractivity contribution in [2.75, 3.05) is 11.5 Å². The maximum absolute atomic E-state index is 5.12. The summed E-state index contributed by atoms with van der Waals surface area (Å²) in [6.07, 6.45) is 4.45. The first kappa shape index (κ1) is 11.2. The van der Waals surface area contributed by atoms with Gasteiger partial charge in [-0.1, -0.05) is 0 Å². The van der Waals surface area contributed by atoms with E-state index in [4.69, 9.17) is 11.5 Å². The lowest BCUT2D eigenvalue weighted by atomic mass is 10.9. The van der Waals surface area contributed by atoms with Crippen molar-refractivity contribution in [2.45, 2.75) is 0 Å². The van der Waals surface area contributed by atoms with Crippen LogP contribution in [0.15, 0.2) is 23.2 Å². The third-order valence-corrected chi connectivity index (χ3v) is 1.42. The number of halogens is 1. The first-order chi connectivity index (χ1) is 7.18. The first-order valence-electron chi connectivity index (χ1n) is 3.68. The number of nitrogens with two attached hydrogens (primary N) is 2. The van der Waals surface area contributed by atoms with E-state index in [1.54, 1.807) is 0 Å². The largest absolute Gasteiger partial charge is 0.366 e. The highest BCUT2D eigenvalue weighted by Crippen LogP contribution is 1.99. The van der Waals surface area contributed by atoms with Gasteiger partial charge >= 0.3 is 0 Å². The lowest BCUT2D eigenvalue weighted by molar-refractivity contribution is 0.961. The van der Waals surface area contributed by atoms with Gasteiger partial charge in [0.15, 0.2) is 0 Å². The third-order valence-electron chi connectivity index (χ3n) is 1.05. The predicted octanol–water partition coefficient (Wildman–Crippen LogP) is -0.330. The number of nitrogen functional groups attached to an aromatic ring is 2. The summed E-state index contributed by atoms with van der Waals surface area (Å²) in [4.78, 5) is 7.22. The molecule has 9 heteroatoms. The molecule has 0 aliphatic rings. The molecule has 78 valence electrons. The number of anilines is 2. The molecular weight excluding hydrogens is 264 g/mol. The highest BCUT2D eigenvalue weighted by Gasteiger charge is 1.86. The van der Waals surface area contributed by atoms with Crippen LogP contribution in [0.25, 0.3) is 0 Å². The standard InChI is InChI=1S/C3H3BrN4.C3H4N4/c4-2-1-6-3(5)8-7-2;4-3-5-1-2-6-7-3/h1H,(H2,5,6,8);1-2H,(H2,4,5,7). The van der Waals surface area contributed by atoms with E-state index in [1.165, 1.54) is 18.6 Å². The molecule has 4 N–H and O–H groups in total. The average molecular weight is 271 g/mol. The molecule has 0 aromatic carbocycles. The van der Waals surface area contributed by atoms with Crippen LogP contribution in [-0.2, 0) is 0 Å². The summed E-state index contributed by atoms with van der Waals surface area (Å²) in [6, 6.07) is 0. The number of nitrogens with zero attached hydrogens (tertiary/aromatic N) is 6. The summed E-state index contributed by atoms with van der Waals surface area (Å²) in [7, 11) is 0. The first-order valence-corrected chi connectivity index (χ1v) is 4.47. The van der Waals surface area contributed by atoms with Crippen LogP contribution in [0.1, 0.15) is 0 Å². The Morgan fingerprint density at radius 2 is 1.67 bits per heavy atom. The van der Waals surface area contributed by atoms with E-state index in [0.717, 1.165) is 0 Å². The van der Waals surface area contributed by atoms with Crippen LogP contribution in [-0.4, -0.2) is 30.4 Å². The van der Waals surface area contributed by atoms with Crippen LogP contribution in [0, 0.1) is 0 Å². The molecule has 0 unspecified atom stereocenters. The molecule has 0 saturated heterocycles. The molecule has 0 amide bonds. The Morgan fingerprint density at radius 3 is 2.00 bits per heavy atom. The molecule has 0 aliphatic heterocycles. The Hall–Kier alpha value is -1.90. The second-order valence-electron chi connectivity index (χ2n) is 2.14. The van der Waals surface area contributed by atoms with E-state index < -0.39 is 0 Å². The third kappa shape index (κ3) is 4.76. The lowest BCUT2D eigenvalue weighted by Gasteiger charge is -1.85. The van der Waals surface area contributed by atoms with Crippen LogP contribution in [0.5, 0.6) is 0 Å². The van der Waals surface area contributed by atoms with Gasteiger partial charge < -0.3 is 11.5 Å². The summed E-state index contributed by atoms with van der Waals surface area (Å²) in [5, 5.41) is 13.8. The van der Waals surface area contributed by atoms with Gasteiger partial charge in [0.2, 0.25) is 11.9 Å². The Balaban J connectivity index is 0.000000151. The minimum absolute atomic E-state index is 0.188. The van der Waals surface area contributed by atoms with E-state index >= 15 is 0 Å². The molecule has 0 aliphatic carbocycles. The molecule has 0 atom stereocenters. The monoisotopic (exact) mass is 270 g/mol. The minimum atomic E-state index is 0.188. The lowest BCUT2D eigenvalue weighted by Crippen LogP contribution is -1.95. The van der Waals surface area contributed by atoms with Crippen molar-refractivity contribution < 1.29 is 0 Å². The van der Waals surface area contributed by atoms with Crippen molar-refractivity contribution >= 4 is 27.8 Å². The molecule has 0 radical (unpaired) electrons. The highest BCUT2D eigenvalue weighted by molar-refractivity contribution is 9.10. The van der Waals surface area contributed by atoms with Crippen LogP contribution in [0.2, 0.25) is 0 Å². The molecule has 8 nitrogen and oxygen atoms in total. The fraction of sp³-hybridized carbons (Fsp3) is 0. The van der Waals surface area contributed by atoms with E-state index in [1.807, 2.05) is 0 Å². The minimum Gasteiger partial charge on any atom is -0.366 e. The van der Waals surface area contributed by atoms with Gasteiger partial charge in [-0.25, -0.2) is 9.97 Å². The van der Waals surface area contributed by atoms with Crippen molar-refractivity contribution in [2.24, 2.45) is 0 Å². The molecular formula is C6H7BrN8. The molecule has 0 spiro atoms. The van der Waals surface area contributed by atoms with Gasteiger partial charge in [0, 0.05) is 0 Å². The maximum atomic E-state index is 5.12. The molecule has 15 heavy (non-hydrogen) atoms. The SMILES string of the molecule is Nc1ncc(Br)nn1.Nc1nccnn1. The predicted molar refractivity (Wildman–Crippen MR) is 56.2 cm³/mol. The summed E-state index contributed by atoms with van der Waals surface area (Å²) < 4.78 is 0.590. The fourth-order valence-corrected chi connectivity index (χ4v) is 0.710. The van der Waals surface area contributed by atoms with Gasteiger partial charge in [-0.3, -0.25) is 0 Å². The highest BCUT2D eigenvalue weighted by atomic mass is 79.9. The van der Waals surface area contributed by atoms with Crippen LogP contribution in [0.3, 0.4) is 0 Å². The molecule has 0 saturated carbocycles. The zero-order chi connectivity index (χ0) is 11.1. The van der Waals surface area contributed by atoms with E-state index in [-0.39, 0.29) is 11.9 Å². The second kappa shape index (κ2) is 5.75. The fourth-order valence-electron chi connectivity index (χ4n) is 0.528. The molecule has 2 aromatic heterocycles. The topological polar surface area (TPSA) is 129 Å². The number of aromatic nitrogens is 6. The molecule has 0 fully saturated rings. The second-order valence-corrected chi connectivity index (χ2v) is 2.95. The van der Waals surface area contributed by atoms with E-state index in [2.05, 4.69) is 46.3 Å². The summed E-state index contributed by atoms with van der Waals surface area (Å²) in [5.41, 5.74) is 10.2. The Kier molecular flexibility index (Phi) is 4.29. The van der Waals surface area contributed by atoms with Crippen LogP contribution < -0.4 is 11.5 Å². The zero-order valence-corrected chi connectivity index (χ0v) is 9.03. The smallest absolute Gasteiger partial charge is 0.240 e. The van der Waals surface area contributed by atoms with Crippen molar-refractivity contribution in [3.05, 3.63) is 23.2 Å². The van der Waals surface area contributed by atoms with Gasteiger partial charge in [0.25, 0.3) is 0 Å². The molecule has 2 rings (SSSR count). The van der Waals surface area contributed by atoms with E-state index in [9.17, 15) is 0 Å². The maximum Gasteiger partial charge on any atom is 0.240 e. The van der Waals surface area contributed by atoms with Crippen LogP contribution in [0.4, 0.5) is 11.9 Å². The van der Waals surface area contributed by atoms with Crippen molar-refractivity contribution in [1.82, 2.24) is 30.4 Å². The normalized spacial score (nSPS) is 8.87.